The van der Waals surface area contributed by atoms with Gasteiger partial charge in [0.1, 0.15) is 0 Å². The minimum absolute atomic E-state index is 0.145. The highest BCUT2D eigenvalue weighted by Crippen LogP contribution is 2.26. The average Bonchev–Trinajstić information content (AvgIpc) is 3.34. The van der Waals surface area contributed by atoms with E-state index in [1.165, 1.54) is 24.3 Å². The normalized spacial score (nSPS) is 14.3. The standard InChI is InChI=1S/C16H15ClN2O3S/c17-14-10-11(16(20)18-12-7-8-12)6-9-15(14)19-23(21,22)13-4-2-1-3-5-13/h1-6,9-10,12,19H,7-8H2,(H,18,20). The zero-order valence-corrected chi connectivity index (χ0v) is 13.7. The second-order valence-electron chi connectivity index (χ2n) is 5.36. The predicted octanol–water partition coefficient (Wildman–Crippen LogP) is 3.03. The van der Waals surface area contributed by atoms with Crippen molar-refractivity contribution < 1.29 is 13.2 Å². The van der Waals surface area contributed by atoms with Gasteiger partial charge in [-0.2, -0.15) is 0 Å². The summed E-state index contributed by atoms with van der Waals surface area (Å²) in [6, 6.07) is 12.8. The highest BCUT2D eigenvalue weighted by molar-refractivity contribution is 7.92. The van der Waals surface area contributed by atoms with Crippen LogP contribution in [0.1, 0.15) is 23.2 Å². The fraction of sp³-hybridized carbons (Fsp3) is 0.188. The van der Waals surface area contributed by atoms with Crippen molar-refractivity contribution in [1.82, 2.24) is 5.32 Å². The summed E-state index contributed by atoms with van der Waals surface area (Å²) in [6.45, 7) is 0. The Kier molecular flexibility index (Phi) is 4.28. The molecule has 1 amide bonds. The first-order chi connectivity index (χ1) is 11.0. The Morgan fingerprint density at radius 2 is 1.78 bits per heavy atom. The van der Waals surface area contributed by atoms with E-state index in [1.807, 2.05) is 0 Å². The van der Waals surface area contributed by atoms with Crippen LogP contribution in [0, 0.1) is 0 Å². The second-order valence-corrected chi connectivity index (χ2v) is 7.45. The second kappa shape index (κ2) is 6.22. The summed E-state index contributed by atoms with van der Waals surface area (Å²) in [5.41, 5.74) is 0.642. The first-order valence-corrected chi connectivity index (χ1v) is 9.00. The molecular weight excluding hydrogens is 336 g/mol. The Labute approximate surface area is 139 Å². The van der Waals surface area contributed by atoms with Gasteiger partial charge in [0.2, 0.25) is 0 Å². The lowest BCUT2D eigenvalue weighted by atomic mass is 10.2. The first kappa shape index (κ1) is 15.8. The van der Waals surface area contributed by atoms with Gasteiger partial charge < -0.3 is 5.32 Å². The summed E-state index contributed by atoms with van der Waals surface area (Å²) in [7, 11) is -3.71. The highest BCUT2D eigenvalue weighted by atomic mass is 35.5. The van der Waals surface area contributed by atoms with E-state index in [-0.39, 0.29) is 27.6 Å². The lowest BCUT2D eigenvalue weighted by Gasteiger charge is -2.11. The van der Waals surface area contributed by atoms with E-state index in [9.17, 15) is 13.2 Å². The number of halogens is 1. The predicted molar refractivity (Wildman–Crippen MR) is 89.2 cm³/mol. The van der Waals surface area contributed by atoms with Gasteiger partial charge in [-0.05, 0) is 43.2 Å². The Morgan fingerprint density at radius 1 is 1.09 bits per heavy atom. The van der Waals surface area contributed by atoms with Gasteiger partial charge >= 0.3 is 0 Å². The number of anilines is 1. The highest BCUT2D eigenvalue weighted by Gasteiger charge is 2.24. The molecule has 120 valence electrons. The van der Waals surface area contributed by atoms with Gasteiger partial charge in [-0.25, -0.2) is 8.42 Å². The van der Waals surface area contributed by atoms with E-state index in [1.54, 1.807) is 24.3 Å². The summed E-state index contributed by atoms with van der Waals surface area (Å²) in [5.74, 6) is -0.202. The molecule has 0 heterocycles. The molecule has 0 atom stereocenters. The van der Waals surface area contributed by atoms with Gasteiger partial charge in [-0.1, -0.05) is 29.8 Å². The maximum Gasteiger partial charge on any atom is 0.261 e. The van der Waals surface area contributed by atoms with Gasteiger partial charge in [-0.15, -0.1) is 0 Å². The molecule has 2 aromatic carbocycles. The average molecular weight is 351 g/mol. The number of carbonyl (C=O) groups excluding carboxylic acids is 1. The van der Waals surface area contributed by atoms with Crippen molar-refractivity contribution in [3.63, 3.8) is 0 Å². The Bertz CT molecular complexity index is 834. The van der Waals surface area contributed by atoms with Crippen molar-refractivity contribution in [3.8, 4) is 0 Å². The fourth-order valence-corrected chi connectivity index (χ4v) is 3.42. The summed E-state index contributed by atoms with van der Waals surface area (Å²) >= 11 is 6.11. The molecule has 0 unspecified atom stereocenters. The number of rotatable bonds is 5. The van der Waals surface area contributed by atoms with Gasteiger partial charge in [-0.3, -0.25) is 9.52 Å². The number of nitrogens with one attached hydrogen (secondary N) is 2. The minimum atomic E-state index is -3.71. The third-order valence-electron chi connectivity index (χ3n) is 3.44. The van der Waals surface area contributed by atoms with Gasteiger partial charge in [0, 0.05) is 11.6 Å². The minimum Gasteiger partial charge on any atom is -0.349 e. The zero-order chi connectivity index (χ0) is 16.4. The number of benzene rings is 2. The van der Waals surface area contributed by atoms with Crippen LogP contribution in [-0.2, 0) is 10.0 Å². The van der Waals surface area contributed by atoms with Crippen LogP contribution >= 0.6 is 11.6 Å². The quantitative estimate of drug-likeness (QED) is 0.870. The lowest BCUT2D eigenvalue weighted by Crippen LogP contribution is -2.25. The summed E-state index contributed by atoms with van der Waals surface area (Å²) in [5, 5.41) is 3.03. The fourth-order valence-electron chi connectivity index (χ4n) is 2.04. The number of hydrogen-bond donors (Lipinski definition) is 2. The molecule has 1 aliphatic rings. The van der Waals surface area contributed by atoms with Crippen LogP contribution in [0.3, 0.4) is 0 Å². The zero-order valence-electron chi connectivity index (χ0n) is 12.1. The maximum absolute atomic E-state index is 12.3. The van der Waals surface area contributed by atoms with E-state index < -0.39 is 10.0 Å². The molecule has 1 fully saturated rings. The maximum atomic E-state index is 12.3. The van der Waals surface area contributed by atoms with Crippen LogP contribution in [0.4, 0.5) is 5.69 Å². The van der Waals surface area contributed by atoms with Crippen molar-refractivity contribution in [3.05, 3.63) is 59.1 Å². The van der Waals surface area contributed by atoms with Crippen molar-refractivity contribution in [2.45, 2.75) is 23.8 Å². The smallest absolute Gasteiger partial charge is 0.261 e. The van der Waals surface area contributed by atoms with Gasteiger partial charge in [0.15, 0.2) is 0 Å². The molecule has 1 aliphatic carbocycles. The summed E-state index contributed by atoms with van der Waals surface area (Å²) < 4.78 is 27.0. The van der Waals surface area contributed by atoms with Gasteiger partial charge in [0.25, 0.3) is 15.9 Å². The molecule has 0 bridgehead atoms. The van der Waals surface area contributed by atoms with Crippen LogP contribution in [0.15, 0.2) is 53.4 Å². The first-order valence-electron chi connectivity index (χ1n) is 7.14. The molecule has 3 rings (SSSR count). The molecule has 1 saturated carbocycles. The summed E-state index contributed by atoms with van der Waals surface area (Å²) in [4.78, 5) is 12.1. The third kappa shape index (κ3) is 3.83. The molecule has 0 spiro atoms. The van der Waals surface area contributed by atoms with E-state index in [0.29, 0.717) is 5.56 Å². The molecule has 0 radical (unpaired) electrons. The van der Waals surface area contributed by atoms with Crippen LogP contribution in [-0.4, -0.2) is 20.4 Å². The molecule has 0 saturated heterocycles. The van der Waals surface area contributed by atoms with Crippen LogP contribution in [0.5, 0.6) is 0 Å². The number of sulfonamides is 1. The Balaban J connectivity index is 1.79. The SMILES string of the molecule is O=C(NC1CC1)c1ccc(NS(=O)(=O)c2ccccc2)c(Cl)c1. The number of amides is 1. The lowest BCUT2D eigenvalue weighted by molar-refractivity contribution is 0.0951. The Hall–Kier alpha value is -2.05. The van der Waals surface area contributed by atoms with Crippen LogP contribution in [0.25, 0.3) is 0 Å². The van der Waals surface area contributed by atoms with Crippen LogP contribution < -0.4 is 10.0 Å². The van der Waals surface area contributed by atoms with E-state index >= 15 is 0 Å². The third-order valence-corrected chi connectivity index (χ3v) is 5.14. The Morgan fingerprint density at radius 3 is 2.39 bits per heavy atom. The van der Waals surface area contributed by atoms with E-state index in [4.69, 9.17) is 11.6 Å². The molecule has 5 nitrogen and oxygen atoms in total. The molecule has 2 aromatic rings. The molecule has 23 heavy (non-hydrogen) atoms. The van der Waals surface area contributed by atoms with Crippen molar-refractivity contribution in [2.75, 3.05) is 4.72 Å². The van der Waals surface area contributed by atoms with E-state index in [0.717, 1.165) is 12.8 Å². The van der Waals surface area contributed by atoms with Crippen molar-refractivity contribution >= 4 is 33.2 Å². The summed E-state index contributed by atoms with van der Waals surface area (Å²) in [6.07, 6.45) is 1.99. The van der Waals surface area contributed by atoms with Crippen molar-refractivity contribution in [2.24, 2.45) is 0 Å². The molecular formula is C16H15ClN2O3S. The molecule has 0 aromatic heterocycles. The molecule has 7 heteroatoms. The largest absolute Gasteiger partial charge is 0.349 e. The van der Waals surface area contributed by atoms with Gasteiger partial charge in [0.05, 0.1) is 15.6 Å². The number of carbonyl (C=O) groups is 1. The number of hydrogen-bond acceptors (Lipinski definition) is 3. The van der Waals surface area contributed by atoms with E-state index in [2.05, 4.69) is 10.0 Å². The monoisotopic (exact) mass is 350 g/mol. The molecule has 2 N–H and O–H groups in total. The van der Waals surface area contributed by atoms with Crippen molar-refractivity contribution in [1.29, 1.82) is 0 Å². The topological polar surface area (TPSA) is 75.3 Å². The molecule has 0 aliphatic heterocycles. The van der Waals surface area contributed by atoms with Crippen LogP contribution in [0.2, 0.25) is 5.02 Å².